The van der Waals surface area contributed by atoms with Crippen molar-refractivity contribution < 1.29 is 5.11 Å². The molecule has 1 heteroatoms. The van der Waals surface area contributed by atoms with Crippen LogP contribution in [-0.2, 0) is 11.8 Å². The topological polar surface area (TPSA) is 20.2 Å². The van der Waals surface area contributed by atoms with Crippen LogP contribution in [0.2, 0.25) is 0 Å². The van der Waals surface area contributed by atoms with E-state index in [9.17, 15) is 5.11 Å². The van der Waals surface area contributed by atoms with Crippen LogP contribution >= 0.6 is 0 Å². The summed E-state index contributed by atoms with van der Waals surface area (Å²) in [7, 11) is 0. The lowest BCUT2D eigenvalue weighted by atomic mass is 9.64. The summed E-state index contributed by atoms with van der Waals surface area (Å²) in [6, 6.07) is 9.07. The summed E-state index contributed by atoms with van der Waals surface area (Å²) in [6.45, 7) is 9.07. The summed E-state index contributed by atoms with van der Waals surface area (Å²) >= 11 is 0. The summed E-state index contributed by atoms with van der Waals surface area (Å²) < 4.78 is 0. The van der Waals surface area contributed by atoms with Crippen molar-refractivity contribution in [3.8, 4) is 0 Å². The lowest BCUT2D eigenvalue weighted by Gasteiger charge is -2.42. The molecule has 0 heterocycles. The standard InChI is InChI=1S/C19H30O/c1-5-6-15-8-10-16(11-9-15)19(3,4)17-12-7-14(2)13-18(17)20/h8-11,14,17-18,20H,5-7,12-13H2,1-4H3. The Balaban J connectivity index is 2.16. The molecule has 0 aromatic heterocycles. The Kier molecular flexibility index (Phi) is 4.90. The molecule has 0 radical (unpaired) electrons. The van der Waals surface area contributed by atoms with E-state index in [-0.39, 0.29) is 11.5 Å². The first-order valence-electron chi connectivity index (χ1n) is 8.22. The molecule has 0 saturated heterocycles. The molecule has 1 nitrogen and oxygen atoms in total. The van der Waals surface area contributed by atoms with E-state index in [1.54, 1.807) is 0 Å². The molecular weight excluding hydrogens is 244 g/mol. The maximum atomic E-state index is 10.5. The van der Waals surface area contributed by atoms with Gasteiger partial charge in [-0.15, -0.1) is 0 Å². The van der Waals surface area contributed by atoms with Gasteiger partial charge in [-0.2, -0.15) is 0 Å². The van der Waals surface area contributed by atoms with Crippen LogP contribution in [0.15, 0.2) is 24.3 Å². The first-order chi connectivity index (χ1) is 9.45. The molecule has 3 unspecified atom stereocenters. The minimum atomic E-state index is -0.149. The molecule has 0 amide bonds. The molecule has 1 fully saturated rings. The maximum absolute atomic E-state index is 10.5. The molecule has 0 bridgehead atoms. The van der Waals surface area contributed by atoms with Crippen molar-refractivity contribution in [3.63, 3.8) is 0 Å². The van der Waals surface area contributed by atoms with Gasteiger partial charge in [-0.1, -0.05) is 64.8 Å². The van der Waals surface area contributed by atoms with E-state index >= 15 is 0 Å². The molecule has 1 aliphatic carbocycles. The first kappa shape index (κ1) is 15.6. The highest BCUT2D eigenvalue weighted by Crippen LogP contribution is 2.42. The van der Waals surface area contributed by atoms with Crippen LogP contribution in [0.5, 0.6) is 0 Å². The smallest absolute Gasteiger partial charge is 0.0579 e. The average Bonchev–Trinajstić information content (AvgIpc) is 2.39. The highest BCUT2D eigenvalue weighted by Gasteiger charge is 2.39. The Morgan fingerprint density at radius 1 is 1.15 bits per heavy atom. The zero-order chi connectivity index (χ0) is 14.8. The molecule has 2 rings (SSSR count). The fourth-order valence-corrected chi connectivity index (χ4v) is 3.80. The highest BCUT2D eigenvalue weighted by molar-refractivity contribution is 5.29. The van der Waals surface area contributed by atoms with Gasteiger partial charge in [-0.3, -0.25) is 0 Å². The average molecular weight is 274 g/mol. The largest absolute Gasteiger partial charge is 0.393 e. The van der Waals surface area contributed by atoms with Crippen LogP contribution in [0.25, 0.3) is 0 Å². The third kappa shape index (κ3) is 3.25. The predicted octanol–water partition coefficient (Wildman–Crippen LogP) is 4.71. The Hall–Kier alpha value is -0.820. The SMILES string of the molecule is CCCc1ccc(C(C)(C)C2CCC(C)CC2O)cc1. The number of rotatable bonds is 4. The minimum Gasteiger partial charge on any atom is -0.393 e. The zero-order valence-electron chi connectivity index (χ0n) is 13.5. The van der Waals surface area contributed by atoms with E-state index in [1.807, 2.05) is 0 Å². The van der Waals surface area contributed by atoms with Gasteiger partial charge in [0.15, 0.2) is 0 Å². The summed E-state index contributed by atoms with van der Waals surface area (Å²) in [4.78, 5) is 0. The molecular formula is C19H30O. The van der Waals surface area contributed by atoms with Crippen molar-refractivity contribution in [1.29, 1.82) is 0 Å². The van der Waals surface area contributed by atoms with Gasteiger partial charge in [0.05, 0.1) is 6.10 Å². The Labute approximate surface area is 124 Å². The van der Waals surface area contributed by atoms with E-state index in [2.05, 4.69) is 52.0 Å². The first-order valence-corrected chi connectivity index (χ1v) is 8.22. The van der Waals surface area contributed by atoms with E-state index in [0.29, 0.717) is 11.8 Å². The van der Waals surface area contributed by atoms with Crippen molar-refractivity contribution in [2.24, 2.45) is 11.8 Å². The lowest BCUT2D eigenvalue weighted by molar-refractivity contribution is 0.0143. The third-order valence-corrected chi connectivity index (χ3v) is 5.24. The zero-order valence-corrected chi connectivity index (χ0v) is 13.5. The van der Waals surface area contributed by atoms with E-state index in [4.69, 9.17) is 0 Å². The fourth-order valence-electron chi connectivity index (χ4n) is 3.80. The predicted molar refractivity (Wildman–Crippen MR) is 86.0 cm³/mol. The van der Waals surface area contributed by atoms with Crippen LogP contribution < -0.4 is 0 Å². The van der Waals surface area contributed by atoms with E-state index in [0.717, 1.165) is 19.3 Å². The summed E-state index contributed by atoms with van der Waals surface area (Å²) in [5, 5.41) is 10.5. The van der Waals surface area contributed by atoms with E-state index in [1.165, 1.54) is 24.0 Å². The normalized spacial score (nSPS) is 27.6. The second kappa shape index (κ2) is 6.30. The van der Waals surface area contributed by atoms with Crippen LogP contribution in [0.1, 0.15) is 64.5 Å². The molecule has 3 atom stereocenters. The number of aliphatic hydroxyl groups excluding tert-OH is 1. The molecule has 20 heavy (non-hydrogen) atoms. The Bertz CT molecular complexity index is 418. The molecule has 1 N–H and O–H groups in total. The van der Waals surface area contributed by atoms with Crippen LogP contribution in [0, 0.1) is 11.8 Å². The number of hydrogen-bond acceptors (Lipinski definition) is 1. The van der Waals surface area contributed by atoms with Gasteiger partial charge in [-0.25, -0.2) is 0 Å². The number of aryl methyl sites for hydroxylation is 1. The number of benzene rings is 1. The number of aliphatic hydroxyl groups is 1. The van der Waals surface area contributed by atoms with Gasteiger partial charge in [0.2, 0.25) is 0 Å². The van der Waals surface area contributed by atoms with Crippen molar-refractivity contribution >= 4 is 0 Å². The maximum Gasteiger partial charge on any atom is 0.0579 e. The lowest BCUT2D eigenvalue weighted by Crippen LogP contribution is -2.41. The monoisotopic (exact) mass is 274 g/mol. The van der Waals surface area contributed by atoms with Gasteiger partial charge in [0, 0.05) is 0 Å². The van der Waals surface area contributed by atoms with Gasteiger partial charge >= 0.3 is 0 Å². The van der Waals surface area contributed by atoms with Gasteiger partial charge in [0.25, 0.3) is 0 Å². The Morgan fingerprint density at radius 3 is 2.35 bits per heavy atom. The molecule has 0 spiro atoms. The van der Waals surface area contributed by atoms with Crippen molar-refractivity contribution in [2.45, 2.75) is 71.3 Å². The molecule has 1 aliphatic rings. The van der Waals surface area contributed by atoms with Gasteiger partial charge < -0.3 is 5.11 Å². The highest BCUT2D eigenvalue weighted by atomic mass is 16.3. The summed E-state index contributed by atoms with van der Waals surface area (Å²) in [5.41, 5.74) is 2.85. The van der Waals surface area contributed by atoms with Crippen molar-refractivity contribution in [2.75, 3.05) is 0 Å². The molecule has 0 aliphatic heterocycles. The van der Waals surface area contributed by atoms with Gasteiger partial charge in [0.1, 0.15) is 0 Å². The molecule has 112 valence electrons. The second-order valence-electron chi connectivity index (χ2n) is 7.26. The van der Waals surface area contributed by atoms with Gasteiger partial charge in [-0.05, 0) is 47.6 Å². The van der Waals surface area contributed by atoms with Crippen molar-refractivity contribution in [3.05, 3.63) is 35.4 Å². The van der Waals surface area contributed by atoms with E-state index < -0.39 is 0 Å². The minimum absolute atomic E-state index is 0.0598. The number of hydrogen-bond donors (Lipinski definition) is 1. The second-order valence-corrected chi connectivity index (χ2v) is 7.26. The quantitative estimate of drug-likeness (QED) is 0.842. The fraction of sp³-hybridized carbons (Fsp3) is 0.684. The molecule has 1 aromatic carbocycles. The summed E-state index contributed by atoms with van der Waals surface area (Å²) in [6.07, 6.45) is 5.56. The Morgan fingerprint density at radius 2 is 1.80 bits per heavy atom. The van der Waals surface area contributed by atoms with Crippen LogP contribution in [0.3, 0.4) is 0 Å². The van der Waals surface area contributed by atoms with Crippen LogP contribution in [0.4, 0.5) is 0 Å². The summed E-state index contributed by atoms with van der Waals surface area (Å²) in [5.74, 6) is 1.06. The third-order valence-electron chi connectivity index (χ3n) is 5.24. The molecule has 1 saturated carbocycles. The molecule has 1 aromatic rings. The van der Waals surface area contributed by atoms with Crippen molar-refractivity contribution in [1.82, 2.24) is 0 Å². The van der Waals surface area contributed by atoms with Crippen LogP contribution in [-0.4, -0.2) is 11.2 Å².